The Morgan fingerprint density at radius 3 is 2.91 bits per heavy atom. The van der Waals surface area contributed by atoms with Crippen LogP contribution in [0.2, 0.25) is 5.15 Å². The van der Waals surface area contributed by atoms with E-state index in [2.05, 4.69) is 32.1 Å². The largest absolute Gasteiger partial charge is 0.310 e. The highest BCUT2D eigenvalue weighted by atomic mass is 35.5. The molecule has 8 heteroatoms. The maximum Gasteiger partial charge on any atom is 0.226 e. The van der Waals surface area contributed by atoms with Crippen LogP contribution in [0.1, 0.15) is 29.2 Å². The van der Waals surface area contributed by atoms with Gasteiger partial charge in [0.1, 0.15) is 5.82 Å². The lowest BCUT2D eigenvalue weighted by Crippen LogP contribution is -2.24. The number of carbonyl (C=O) groups is 1. The fourth-order valence-corrected chi connectivity index (χ4v) is 3.71. The van der Waals surface area contributed by atoms with Gasteiger partial charge in [-0.3, -0.25) is 4.79 Å². The van der Waals surface area contributed by atoms with Crippen LogP contribution in [-0.2, 0) is 4.79 Å². The monoisotopic (exact) mass is 345 g/mol. The van der Waals surface area contributed by atoms with Gasteiger partial charge in [-0.25, -0.2) is 0 Å². The van der Waals surface area contributed by atoms with Crippen LogP contribution >= 0.6 is 22.9 Å². The fourth-order valence-electron chi connectivity index (χ4n) is 2.89. The molecular weight excluding hydrogens is 334 g/mol. The third kappa shape index (κ3) is 2.42. The summed E-state index contributed by atoms with van der Waals surface area (Å²) in [6.45, 7) is 1.94. The maximum atomic E-state index is 12.2. The Morgan fingerprint density at radius 1 is 1.35 bits per heavy atom. The molecule has 0 saturated carbocycles. The summed E-state index contributed by atoms with van der Waals surface area (Å²) >= 11 is 7.41. The Kier molecular flexibility index (Phi) is 3.39. The van der Waals surface area contributed by atoms with E-state index >= 15 is 0 Å². The minimum absolute atomic E-state index is 0.0130. The standard InChI is InChI=1S/C15H12ClN5OS/c1-8-14-10(9-4-5-23-7-9)6-13(22)17-15(14)21(20-8)12-3-2-11(16)18-19-12/h2-5,7,10H,6H2,1H3,(H,17,22). The zero-order valence-corrected chi connectivity index (χ0v) is 13.7. The molecule has 1 N–H and O–H groups in total. The van der Waals surface area contributed by atoms with Gasteiger partial charge in [-0.1, -0.05) is 11.6 Å². The van der Waals surface area contributed by atoms with Crippen molar-refractivity contribution in [2.75, 3.05) is 5.32 Å². The molecule has 0 bridgehead atoms. The Bertz CT molecular complexity index is 872. The van der Waals surface area contributed by atoms with Gasteiger partial charge < -0.3 is 5.32 Å². The van der Waals surface area contributed by atoms with Gasteiger partial charge in [-0.2, -0.15) is 21.1 Å². The maximum absolute atomic E-state index is 12.2. The van der Waals surface area contributed by atoms with Gasteiger partial charge in [0.05, 0.1) is 5.69 Å². The molecule has 116 valence electrons. The van der Waals surface area contributed by atoms with E-state index in [9.17, 15) is 4.79 Å². The van der Waals surface area contributed by atoms with E-state index in [0.29, 0.717) is 23.2 Å². The van der Waals surface area contributed by atoms with E-state index in [0.717, 1.165) is 16.8 Å². The first-order chi connectivity index (χ1) is 11.1. The highest BCUT2D eigenvalue weighted by Crippen LogP contribution is 2.40. The van der Waals surface area contributed by atoms with E-state index in [1.807, 2.05) is 12.3 Å². The molecule has 3 aromatic heterocycles. The molecule has 23 heavy (non-hydrogen) atoms. The van der Waals surface area contributed by atoms with Crippen molar-refractivity contribution < 1.29 is 4.79 Å². The molecule has 0 fully saturated rings. The number of hydrogen-bond donors (Lipinski definition) is 1. The number of carbonyl (C=O) groups excluding carboxylic acids is 1. The smallest absolute Gasteiger partial charge is 0.226 e. The molecule has 4 heterocycles. The van der Waals surface area contributed by atoms with Crippen molar-refractivity contribution >= 4 is 34.7 Å². The number of rotatable bonds is 2. The van der Waals surface area contributed by atoms with Crippen LogP contribution in [0.4, 0.5) is 5.82 Å². The van der Waals surface area contributed by atoms with Crippen molar-refractivity contribution in [3.05, 3.63) is 50.9 Å². The van der Waals surface area contributed by atoms with Gasteiger partial charge >= 0.3 is 0 Å². The first kappa shape index (κ1) is 14.3. The Labute approximate surface area is 141 Å². The van der Waals surface area contributed by atoms with Crippen molar-refractivity contribution in [2.45, 2.75) is 19.3 Å². The van der Waals surface area contributed by atoms with Crippen LogP contribution in [0.3, 0.4) is 0 Å². The number of nitrogens with zero attached hydrogens (tertiary/aromatic N) is 4. The van der Waals surface area contributed by atoms with Crippen molar-refractivity contribution in [2.24, 2.45) is 0 Å². The second kappa shape index (κ2) is 5.43. The predicted octanol–water partition coefficient (Wildman–Crippen LogP) is 3.16. The molecule has 3 aromatic rings. The summed E-state index contributed by atoms with van der Waals surface area (Å²) in [5.74, 6) is 1.16. The second-order valence-electron chi connectivity index (χ2n) is 5.34. The highest BCUT2D eigenvalue weighted by Gasteiger charge is 2.33. The molecule has 0 aliphatic carbocycles. The predicted molar refractivity (Wildman–Crippen MR) is 88.3 cm³/mol. The summed E-state index contributed by atoms with van der Waals surface area (Å²) in [6, 6.07) is 5.42. The lowest BCUT2D eigenvalue weighted by atomic mass is 9.87. The summed E-state index contributed by atoms with van der Waals surface area (Å²) in [6.07, 6.45) is 0.419. The summed E-state index contributed by atoms with van der Waals surface area (Å²) in [4.78, 5) is 12.2. The van der Waals surface area contributed by atoms with Crippen molar-refractivity contribution in [1.82, 2.24) is 20.0 Å². The van der Waals surface area contributed by atoms with Crippen molar-refractivity contribution in [3.63, 3.8) is 0 Å². The number of amides is 1. The molecule has 4 rings (SSSR count). The zero-order chi connectivity index (χ0) is 16.0. The van der Waals surface area contributed by atoms with E-state index in [1.165, 1.54) is 0 Å². The first-order valence-corrected chi connectivity index (χ1v) is 8.36. The van der Waals surface area contributed by atoms with Gasteiger partial charge in [0.25, 0.3) is 0 Å². The van der Waals surface area contributed by atoms with Crippen molar-refractivity contribution in [3.8, 4) is 5.82 Å². The minimum atomic E-state index is -0.0308. The number of nitrogens with one attached hydrogen (secondary N) is 1. The van der Waals surface area contributed by atoms with E-state index in [4.69, 9.17) is 11.6 Å². The molecular formula is C15H12ClN5OS. The van der Waals surface area contributed by atoms with E-state index in [-0.39, 0.29) is 11.8 Å². The average Bonchev–Trinajstić information content (AvgIpc) is 3.16. The van der Waals surface area contributed by atoms with Crippen molar-refractivity contribution in [1.29, 1.82) is 0 Å². The number of thiophene rings is 1. The van der Waals surface area contributed by atoms with Gasteiger partial charge in [0, 0.05) is 17.9 Å². The Hall–Kier alpha value is -2.25. The lowest BCUT2D eigenvalue weighted by molar-refractivity contribution is -0.116. The Balaban J connectivity index is 1.88. The summed E-state index contributed by atoms with van der Waals surface area (Å²) in [5, 5.41) is 19.8. The van der Waals surface area contributed by atoms with Crippen LogP contribution in [0.25, 0.3) is 5.82 Å². The molecule has 1 atom stereocenters. The second-order valence-corrected chi connectivity index (χ2v) is 6.50. The first-order valence-electron chi connectivity index (χ1n) is 7.04. The number of halogens is 1. The Morgan fingerprint density at radius 2 is 2.22 bits per heavy atom. The third-order valence-corrected chi connectivity index (χ3v) is 4.79. The number of aromatic nitrogens is 4. The van der Waals surface area contributed by atoms with Gasteiger partial charge in [0.2, 0.25) is 5.91 Å². The summed E-state index contributed by atoms with van der Waals surface area (Å²) < 4.78 is 1.62. The average molecular weight is 346 g/mol. The van der Waals surface area contributed by atoms with Crippen LogP contribution in [-0.4, -0.2) is 25.9 Å². The molecule has 0 spiro atoms. The minimum Gasteiger partial charge on any atom is -0.310 e. The van der Waals surface area contributed by atoms with E-state index < -0.39 is 0 Å². The van der Waals surface area contributed by atoms with Gasteiger partial charge in [0.15, 0.2) is 11.0 Å². The van der Waals surface area contributed by atoms with Gasteiger partial charge in [-0.15, -0.1) is 10.2 Å². The summed E-state index contributed by atoms with van der Waals surface area (Å²) in [7, 11) is 0. The molecule has 1 aliphatic heterocycles. The lowest BCUT2D eigenvalue weighted by Gasteiger charge is -2.23. The molecule has 0 saturated heterocycles. The van der Waals surface area contributed by atoms with Crippen LogP contribution in [0.5, 0.6) is 0 Å². The van der Waals surface area contributed by atoms with Crippen LogP contribution in [0, 0.1) is 6.92 Å². The number of anilines is 1. The normalized spacial score (nSPS) is 17.0. The highest BCUT2D eigenvalue weighted by molar-refractivity contribution is 7.08. The fraction of sp³-hybridized carbons (Fsp3) is 0.200. The molecule has 6 nitrogen and oxygen atoms in total. The molecule has 1 amide bonds. The molecule has 1 aliphatic rings. The molecule has 0 radical (unpaired) electrons. The van der Waals surface area contributed by atoms with Crippen LogP contribution < -0.4 is 5.32 Å². The van der Waals surface area contributed by atoms with Crippen LogP contribution in [0.15, 0.2) is 29.0 Å². The number of hydrogen-bond acceptors (Lipinski definition) is 5. The number of fused-ring (bicyclic) bond motifs is 1. The molecule has 1 unspecified atom stereocenters. The molecule has 0 aromatic carbocycles. The van der Waals surface area contributed by atoms with E-state index in [1.54, 1.807) is 28.2 Å². The van der Waals surface area contributed by atoms with Gasteiger partial charge in [-0.05, 0) is 41.4 Å². The quantitative estimate of drug-likeness (QED) is 0.774. The topological polar surface area (TPSA) is 72.7 Å². The summed E-state index contributed by atoms with van der Waals surface area (Å²) in [5.41, 5.74) is 3.03. The SMILES string of the molecule is Cc1nn(-c2ccc(Cl)nn2)c2c1C(c1ccsc1)CC(=O)N2. The third-order valence-electron chi connectivity index (χ3n) is 3.88. The zero-order valence-electron chi connectivity index (χ0n) is 12.2. The number of aryl methyl sites for hydroxylation is 1.